The first kappa shape index (κ1) is 22.0. The first-order chi connectivity index (χ1) is 16.7. The second-order valence-electron chi connectivity index (χ2n) is 8.33. The molecule has 5 aromatic rings. The average Bonchev–Trinajstić information content (AvgIpc) is 2.90. The zero-order valence-electron chi connectivity index (χ0n) is 19.5. The van der Waals surface area contributed by atoms with Gasteiger partial charge in [0, 0.05) is 21.0 Å². The molecule has 0 aliphatic rings. The van der Waals surface area contributed by atoms with Gasteiger partial charge in [-0.05, 0) is 61.4 Å². The number of anilines is 1. The molecule has 1 N–H and O–H groups in total. The van der Waals surface area contributed by atoms with Crippen LogP contribution in [0.5, 0.6) is 0 Å². The molecule has 0 unspecified atom stereocenters. The van der Waals surface area contributed by atoms with Gasteiger partial charge in [-0.25, -0.2) is 4.98 Å². The summed E-state index contributed by atoms with van der Waals surface area (Å²) in [5.74, 6) is 0. The maximum absolute atomic E-state index is 5.30. The minimum absolute atomic E-state index is 0.977. The highest BCUT2D eigenvalue weighted by atomic mass is 32.3. The molecule has 0 amide bonds. The number of nitrogens with zero attached hydrogens (tertiary/aromatic N) is 1. The quantitative estimate of drug-likeness (QED) is 0.274. The molecule has 0 saturated carbocycles. The highest BCUT2D eigenvalue weighted by Crippen LogP contribution is 2.67. The predicted octanol–water partition coefficient (Wildman–Crippen LogP) is 8.67. The molecule has 1 aromatic heterocycles. The highest BCUT2D eigenvalue weighted by Gasteiger charge is 2.33. The van der Waals surface area contributed by atoms with Crippen LogP contribution in [0, 0.1) is 13.8 Å². The van der Waals surface area contributed by atoms with E-state index in [9.17, 15) is 0 Å². The Morgan fingerprint density at radius 3 is 1.59 bits per heavy atom. The Balaban J connectivity index is 1.81. The van der Waals surface area contributed by atoms with Crippen LogP contribution in [0.3, 0.4) is 0 Å². The van der Waals surface area contributed by atoms with Crippen molar-refractivity contribution in [3.63, 3.8) is 0 Å². The molecule has 5 rings (SSSR count). The van der Waals surface area contributed by atoms with E-state index in [4.69, 9.17) is 4.98 Å². The molecule has 0 aliphatic carbocycles. The fourth-order valence-electron chi connectivity index (χ4n) is 4.28. The lowest BCUT2D eigenvalue weighted by atomic mass is 10.1. The molecule has 34 heavy (non-hydrogen) atoms. The van der Waals surface area contributed by atoms with Gasteiger partial charge in [0.1, 0.15) is 5.03 Å². The molecule has 4 aromatic carbocycles. The normalized spacial score (nSPS) is 11.7. The molecule has 0 fully saturated rings. The molecule has 3 heteroatoms. The summed E-state index contributed by atoms with van der Waals surface area (Å²) in [7, 11) is -1.92. The van der Waals surface area contributed by atoms with Crippen molar-refractivity contribution < 1.29 is 0 Å². The molecule has 168 valence electrons. The van der Waals surface area contributed by atoms with Crippen LogP contribution in [0.4, 0.5) is 5.69 Å². The molecule has 0 spiro atoms. The van der Waals surface area contributed by atoms with E-state index in [1.165, 1.54) is 20.9 Å². The summed E-state index contributed by atoms with van der Waals surface area (Å²) in [5, 5.41) is 1.04. The van der Waals surface area contributed by atoms with Crippen LogP contribution in [0.2, 0.25) is 0 Å². The van der Waals surface area contributed by atoms with Crippen LogP contribution >= 0.6 is 10.2 Å². The van der Waals surface area contributed by atoms with Gasteiger partial charge in [-0.3, -0.25) is 0 Å². The summed E-state index contributed by atoms with van der Waals surface area (Å²) in [6.07, 6.45) is 0. The largest absolute Gasteiger partial charge is 0.334 e. The second-order valence-corrected chi connectivity index (χ2v) is 11.1. The third-order valence-electron chi connectivity index (χ3n) is 6.04. The first-order valence-corrected chi connectivity index (χ1v) is 13.1. The fraction of sp³-hybridized carbons (Fsp3) is 0.0645. The lowest BCUT2D eigenvalue weighted by Gasteiger charge is -2.42. The summed E-state index contributed by atoms with van der Waals surface area (Å²) in [6, 6.07) is 44.8. The van der Waals surface area contributed by atoms with Crippen LogP contribution in [-0.4, -0.2) is 4.98 Å². The van der Waals surface area contributed by atoms with Gasteiger partial charge in [0.2, 0.25) is 0 Å². The maximum Gasteiger partial charge on any atom is 0.105 e. The summed E-state index contributed by atoms with van der Waals surface area (Å²) >= 11 is 0. The molecule has 0 atom stereocenters. The number of nitrogens with one attached hydrogen (secondary N) is 1. The number of aromatic nitrogens is 1. The van der Waals surface area contributed by atoms with Crippen molar-refractivity contribution in [2.24, 2.45) is 0 Å². The number of hydrogen-bond donors (Lipinski definition) is 1. The lowest BCUT2D eigenvalue weighted by Crippen LogP contribution is -2.16. The topological polar surface area (TPSA) is 24.9 Å². The zero-order chi connectivity index (χ0) is 23.4. The number of pyridine rings is 1. The van der Waals surface area contributed by atoms with Crippen LogP contribution in [0.15, 0.2) is 142 Å². The predicted molar refractivity (Wildman–Crippen MR) is 144 cm³/mol. The van der Waals surface area contributed by atoms with E-state index in [0.717, 1.165) is 22.0 Å². The minimum atomic E-state index is -1.92. The van der Waals surface area contributed by atoms with E-state index in [-0.39, 0.29) is 0 Å². The Hall–Kier alpha value is -3.82. The number of benzene rings is 4. The Morgan fingerprint density at radius 1 is 0.529 bits per heavy atom. The van der Waals surface area contributed by atoms with E-state index < -0.39 is 10.2 Å². The van der Waals surface area contributed by atoms with Gasteiger partial charge < -0.3 is 4.72 Å². The SMILES string of the molecule is Cc1cccc(C)c1NS(c1ccccc1)(c1ccccc1)c1cccc(-c2ccccc2)n1. The minimum Gasteiger partial charge on any atom is -0.334 e. The van der Waals surface area contributed by atoms with E-state index >= 15 is 0 Å². The van der Waals surface area contributed by atoms with Crippen molar-refractivity contribution in [3.05, 3.63) is 139 Å². The van der Waals surface area contributed by atoms with E-state index in [1.54, 1.807) is 0 Å². The Morgan fingerprint density at radius 2 is 1.03 bits per heavy atom. The smallest absolute Gasteiger partial charge is 0.105 e. The number of rotatable bonds is 6. The molecule has 0 radical (unpaired) electrons. The van der Waals surface area contributed by atoms with Crippen molar-refractivity contribution in [3.8, 4) is 11.3 Å². The fourth-order valence-corrected chi connectivity index (χ4v) is 7.65. The van der Waals surface area contributed by atoms with Gasteiger partial charge in [-0.2, -0.15) is 0 Å². The van der Waals surface area contributed by atoms with Gasteiger partial charge in [0.15, 0.2) is 0 Å². The Kier molecular flexibility index (Phi) is 6.20. The van der Waals surface area contributed by atoms with Gasteiger partial charge >= 0.3 is 0 Å². The monoisotopic (exact) mass is 460 g/mol. The van der Waals surface area contributed by atoms with Crippen molar-refractivity contribution in [2.45, 2.75) is 28.7 Å². The van der Waals surface area contributed by atoms with Crippen molar-refractivity contribution in [1.29, 1.82) is 0 Å². The summed E-state index contributed by atoms with van der Waals surface area (Å²) < 4.78 is 4.08. The molecule has 2 nitrogen and oxygen atoms in total. The van der Waals surface area contributed by atoms with Crippen molar-refractivity contribution in [2.75, 3.05) is 4.72 Å². The Labute approximate surface area is 203 Å². The van der Waals surface area contributed by atoms with Gasteiger partial charge in [0.25, 0.3) is 0 Å². The third kappa shape index (κ3) is 4.11. The van der Waals surface area contributed by atoms with Crippen molar-refractivity contribution >= 4 is 15.9 Å². The van der Waals surface area contributed by atoms with E-state index in [2.05, 4.69) is 140 Å². The second kappa shape index (κ2) is 9.58. The van der Waals surface area contributed by atoms with E-state index in [1.807, 2.05) is 6.07 Å². The number of hydrogen-bond acceptors (Lipinski definition) is 2. The van der Waals surface area contributed by atoms with Crippen LogP contribution in [0.1, 0.15) is 11.1 Å². The number of aryl methyl sites for hydroxylation is 2. The summed E-state index contributed by atoms with van der Waals surface area (Å²) in [5.41, 5.74) is 5.71. The van der Waals surface area contributed by atoms with Gasteiger partial charge in [0.05, 0.1) is 5.69 Å². The van der Waals surface area contributed by atoms with E-state index in [0.29, 0.717) is 0 Å². The molecular formula is C31H28N2S. The average molecular weight is 461 g/mol. The lowest BCUT2D eigenvalue weighted by molar-refractivity contribution is 1.10. The summed E-state index contributed by atoms with van der Waals surface area (Å²) in [4.78, 5) is 7.75. The molecule has 0 saturated heterocycles. The van der Waals surface area contributed by atoms with Crippen molar-refractivity contribution in [1.82, 2.24) is 4.98 Å². The first-order valence-electron chi connectivity index (χ1n) is 11.5. The van der Waals surface area contributed by atoms with Gasteiger partial charge in [-0.15, -0.1) is 0 Å². The molecule has 0 bridgehead atoms. The summed E-state index contributed by atoms with van der Waals surface area (Å²) in [6.45, 7) is 4.34. The number of para-hydroxylation sites is 1. The van der Waals surface area contributed by atoms with Crippen LogP contribution < -0.4 is 4.72 Å². The third-order valence-corrected chi connectivity index (χ3v) is 9.36. The Bertz CT molecular complexity index is 1320. The zero-order valence-corrected chi connectivity index (χ0v) is 20.3. The maximum atomic E-state index is 5.30. The van der Waals surface area contributed by atoms with Gasteiger partial charge in [-0.1, -0.05) is 101 Å². The molecule has 1 heterocycles. The standard InChI is InChI=1S/C31H28N2S/c1-24-14-12-15-25(2)31(24)33-34(27-18-8-4-9-19-27,28-20-10-5-11-21-28)30-23-13-22-29(32-30)26-16-6-3-7-17-26/h3-23,33H,1-2H3. The molecule has 0 aliphatic heterocycles. The van der Waals surface area contributed by atoms with Crippen LogP contribution in [-0.2, 0) is 0 Å². The highest BCUT2D eigenvalue weighted by molar-refractivity contribution is 8.34. The van der Waals surface area contributed by atoms with Crippen LogP contribution in [0.25, 0.3) is 11.3 Å². The molecular weight excluding hydrogens is 432 g/mol.